The largest absolute Gasteiger partial charge is 0.369 e. The summed E-state index contributed by atoms with van der Waals surface area (Å²) >= 11 is 0. The van der Waals surface area contributed by atoms with Gasteiger partial charge in [0.1, 0.15) is 0 Å². The SMILES string of the molecule is [2H][CH-][B]P.[Ni]. The van der Waals surface area contributed by atoms with Crippen molar-refractivity contribution >= 4 is 16.1 Å². The van der Waals surface area contributed by atoms with Crippen molar-refractivity contribution in [3.05, 3.63) is 6.80 Å². The Labute approximate surface area is 41.5 Å². The van der Waals surface area contributed by atoms with E-state index >= 15 is 0 Å². The number of hydrogen-bond donors (Lipinski definition) is 0. The molecular formula is CH4BNiP-. The van der Waals surface area contributed by atoms with E-state index in [4.69, 9.17) is 1.37 Å². The molecule has 0 aromatic carbocycles. The van der Waals surface area contributed by atoms with Gasteiger partial charge in [-0.15, -0.1) is 0 Å². The van der Waals surface area contributed by atoms with Crippen LogP contribution in [-0.4, -0.2) is 7.00 Å². The quantitative estimate of drug-likeness (QED) is 0.263. The van der Waals surface area contributed by atoms with E-state index < -0.39 is 0 Å². The first-order valence-corrected chi connectivity index (χ1v) is 1.33. The minimum atomic E-state index is 0. The van der Waals surface area contributed by atoms with E-state index in [1.54, 1.807) is 7.00 Å². The van der Waals surface area contributed by atoms with Gasteiger partial charge < -0.3 is 6.80 Å². The van der Waals surface area contributed by atoms with Crippen molar-refractivity contribution in [3.8, 4) is 0 Å². The zero-order valence-electron chi connectivity index (χ0n) is 3.05. The average Bonchev–Trinajstić information content (AvgIpc) is 1.37. The Hall–Kier alpha value is 0.988. The van der Waals surface area contributed by atoms with Crippen LogP contribution in [-0.2, 0) is 16.5 Å². The molecule has 0 bridgehead atoms. The van der Waals surface area contributed by atoms with E-state index in [0.29, 0.717) is 0 Å². The minimum absolute atomic E-state index is 0. The fraction of sp³-hybridized carbons (Fsp3) is 0. The summed E-state index contributed by atoms with van der Waals surface area (Å²) < 4.78 is 6.25. The number of rotatable bonds is 1. The molecule has 0 saturated carbocycles. The van der Waals surface area contributed by atoms with Crippen molar-refractivity contribution in [1.82, 2.24) is 0 Å². The number of hydrogen-bond acceptors (Lipinski definition) is 0. The van der Waals surface area contributed by atoms with Crippen LogP contribution in [0.2, 0.25) is 0 Å². The molecule has 4 heavy (non-hydrogen) atoms. The van der Waals surface area contributed by atoms with Crippen molar-refractivity contribution in [2.45, 2.75) is 0 Å². The molecule has 1 atom stereocenters. The molecule has 0 nitrogen and oxygen atoms in total. The van der Waals surface area contributed by atoms with Crippen molar-refractivity contribution in [3.63, 3.8) is 0 Å². The first kappa shape index (κ1) is 4.99. The van der Waals surface area contributed by atoms with Crippen LogP contribution in [0, 0.1) is 6.80 Å². The molecule has 0 fully saturated rings. The third-order valence-corrected chi connectivity index (χ3v) is 0. The van der Waals surface area contributed by atoms with Crippen LogP contribution in [0.3, 0.4) is 0 Å². The summed E-state index contributed by atoms with van der Waals surface area (Å²) in [5, 5.41) is 0. The van der Waals surface area contributed by atoms with Gasteiger partial charge in [0.2, 0.25) is 0 Å². The predicted molar refractivity (Wildman–Crippen MR) is 20.8 cm³/mol. The van der Waals surface area contributed by atoms with Gasteiger partial charge >= 0.3 is 0 Å². The molecule has 0 aliphatic rings. The van der Waals surface area contributed by atoms with Gasteiger partial charge in [-0.1, -0.05) is 7.00 Å². The minimum Gasteiger partial charge on any atom is -0.369 e. The molecule has 0 aromatic rings. The van der Waals surface area contributed by atoms with Gasteiger partial charge in [-0.25, -0.2) is 10.5 Å². The molecule has 27 valence electrons. The molecule has 1 unspecified atom stereocenters. The van der Waals surface area contributed by atoms with Crippen molar-refractivity contribution in [2.75, 3.05) is 0 Å². The van der Waals surface area contributed by atoms with Crippen LogP contribution in [0.4, 0.5) is 0 Å². The molecule has 0 aliphatic carbocycles. The van der Waals surface area contributed by atoms with Gasteiger partial charge in [-0.3, -0.25) is 0 Å². The monoisotopic (exact) mass is 117 g/mol. The Morgan fingerprint density at radius 3 is 2.50 bits per heavy atom. The van der Waals surface area contributed by atoms with Crippen LogP contribution in [0.1, 0.15) is 1.37 Å². The van der Waals surface area contributed by atoms with Crippen LogP contribution in [0.15, 0.2) is 0 Å². The maximum Gasteiger partial charge on any atom is 0 e. The molecule has 0 rings (SSSR count). The first-order valence-electron chi connectivity index (χ1n) is 1.24. The Kier molecular flexibility index (Phi) is 11.2. The summed E-state index contributed by atoms with van der Waals surface area (Å²) in [6, 6.07) is 0. The van der Waals surface area contributed by atoms with Crippen molar-refractivity contribution in [1.29, 1.82) is 0 Å². The first-order chi connectivity index (χ1) is 1.91. The summed E-state index contributed by atoms with van der Waals surface area (Å²) in [6.45, 7) is 2.80. The summed E-state index contributed by atoms with van der Waals surface area (Å²) in [7, 11) is 2.29. The van der Waals surface area contributed by atoms with E-state index in [9.17, 15) is 0 Å². The smallest absolute Gasteiger partial charge is 0 e. The predicted octanol–water partition coefficient (Wildman–Crippen LogP) is 0.270. The molecule has 1 radical (unpaired) electrons. The summed E-state index contributed by atoms with van der Waals surface area (Å²) in [5.41, 5.74) is 0. The third kappa shape index (κ3) is 12.1. The summed E-state index contributed by atoms with van der Waals surface area (Å²) in [6.07, 6.45) is 0. The topological polar surface area (TPSA) is 0 Å². The second kappa shape index (κ2) is 9.01. The molecule has 0 heterocycles. The molecule has 3 heteroatoms. The van der Waals surface area contributed by atoms with Crippen LogP contribution in [0.5, 0.6) is 0 Å². The fourth-order valence-corrected chi connectivity index (χ4v) is 0. The van der Waals surface area contributed by atoms with E-state index in [1.807, 2.05) is 0 Å². The van der Waals surface area contributed by atoms with Gasteiger partial charge in [-0.2, -0.15) is 0 Å². The molecule has 0 saturated heterocycles. The summed E-state index contributed by atoms with van der Waals surface area (Å²) in [4.78, 5) is 0. The van der Waals surface area contributed by atoms with Crippen molar-refractivity contribution < 1.29 is 17.9 Å². The normalized spacial score (nSPS) is 6.75. The van der Waals surface area contributed by atoms with Gasteiger partial charge in [0, 0.05) is 16.5 Å². The molecule has 0 amide bonds. The Balaban J connectivity index is 0. The van der Waals surface area contributed by atoms with Gasteiger partial charge in [0.05, 0.1) is 0 Å². The second-order valence-corrected chi connectivity index (χ2v) is 0.577. The molecular weight excluding hydrogens is 112 g/mol. The van der Waals surface area contributed by atoms with Crippen LogP contribution < -0.4 is 0 Å². The summed E-state index contributed by atoms with van der Waals surface area (Å²) in [5.74, 6) is 0. The molecule has 0 aliphatic heterocycles. The standard InChI is InChI=1S/CH4BP.Ni/c1-2-3;/h1,3H2;/q-1;/i1D;. The van der Waals surface area contributed by atoms with E-state index in [1.165, 1.54) is 6.80 Å². The third-order valence-electron chi connectivity index (χ3n) is 0. The zero-order chi connectivity index (χ0) is 3.41. The van der Waals surface area contributed by atoms with Gasteiger partial charge in [0.25, 0.3) is 0 Å². The maximum absolute atomic E-state index is 6.25. The van der Waals surface area contributed by atoms with E-state index in [0.717, 1.165) is 0 Å². The molecule has 0 N–H and O–H groups in total. The van der Waals surface area contributed by atoms with Crippen molar-refractivity contribution in [2.24, 2.45) is 0 Å². The van der Waals surface area contributed by atoms with E-state index in [-0.39, 0.29) is 16.5 Å². The fourth-order valence-electron chi connectivity index (χ4n) is 0. The van der Waals surface area contributed by atoms with Gasteiger partial charge in [0.15, 0.2) is 0 Å². The zero-order valence-corrected chi connectivity index (χ0v) is 4.19. The second-order valence-electron chi connectivity index (χ2n) is 0.192. The maximum atomic E-state index is 6.25. The van der Waals surface area contributed by atoms with E-state index in [2.05, 4.69) is 9.12 Å². The molecule has 0 spiro atoms. The Bertz CT molecular complexity index is 13.6. The van der Waals surface area contributed by atoms with Crippen LogP contribution in [0.25, 0.3) is 0 Å². The Morgan fingerprint density at radius 2 is 2.50 bits per heavy atom. The van der Waals surface area contributed by atoms with Crippen LogP contribution >= 0.6 is 9.12 Å². The Morgan fingerprint density at radius 1 is 2.25 bits per heavy atom. The molecule has 0 aromatic heterocycles. The average molecular weight is 118 g/mol. The van der Waals surface area contributed by atoms with Gasteiger partial charge in [-0.05, 0) is 0 Å².